The van der Waals surface area contributed by atoms with E-state index in [-0.39, 0.29) is 18.1 Å². The number of aromatic nitrogens is 3. The molecule has 3 heterocycles. The van der Waals surface area contributed by atoms with Crippen molar-refractivity contribution in [2.24, 2.45) is 0 Å². The van der Waals surface area contributed by atoms with Crippen LogP contribution in [0.25, 0.3) is 0 Å². The van der Waals surface area contributed by atoms with E-state index < -0.39 is 0 Å². The van der Waals surface area contributed by atoms with Gasteiger partial charge in [0.05, 0.1) is 11.7 Å². The number of hydrogen-bond acceptors (Lipinski definition) is 6. The fraction of sp³-hybridized carbons (Fsp3) is 0.357. The molecule has 7 heteroatoms. The standard InChI is InChI=1S/C14H16N4O2S/c1-8(2)20-13(19)11-9(3)17-14-15-7-16-18(14)12(11)10-5-4-6-21-10/h4-8,12H,1-3H3,(H,15,16,17)/t12-/m0/s1. The molecule has 110 valence electrons. The van der Waals surface area contributed by atoms with Crippen LogP contribution in [0.2, 0.25) is 0 Å². The van der Waals surface area contributed by atoms with Crippen molar-refractivity contribution in [2.45, 2.75) is 32.9 Å². The second kappa shape index (κ2) is 5.33. The summed E-state index contributed by atoms with van der Waals surface area (Å²) in [4.78, 5) is 17.7. The first-order chi connectivity index (χ1) is 10.1. The monoisotopic (exact) mass is 304 g/mol. The molecule has 2 aromatic rings. The minimum atomic E-state index is -0.324. The van der Waals surface area contributed by atoms with E-state index >= 15 is 0 Å². The van der Waals surface area contributed by atoms with Gasteiger partial charge in [0.1, 0.15) is 12.4 Å². The second-order valence-corrected chi connectivity index (χ2v) is 6.04. The van der Waals surface area contributed by atoms with Gasteiger partial charge < -0.3 is 10.1 Å². The number of anilines is 1. The first-order valence-corrected chi connectivity index (χ1v) is 7.57. The fourth-order valence-electron chi connectivity index (χ4n) is 2.34. The number of esters is 1. The maximum atomic E-state index is 12.5. The topological polar surface area (TPSA) is 69.0 Å². The Labute approximate surface area is 126 Å². The Morgan fingerprint density at radius 3 is 3.00 bits per heavy atom. The summed E-state index contributed by atoms with van der Waals surface area (Å²) in [5.41, 5.74) is 1.32. The summed E-state index contributed by atoms with van der Waals surface area (Å²) in [6.07, 6.45) is 1.31. The van der Waals surface area contributed by atoms with Crippen molar-refractivity contribution in [1.29, 1.82) is 0 Å². The largest absolute Gasteiger partial charge is 0.459 e. The molecule has 2 aromatic heterocycles. The molecule has 1 N–H and O–H groups in total. The lowest BCUT2D eigenvalue weighted by atomic mass is 10.0. The van der Waals surface area contributed by atoms with Crippen LogP contribution < -0.4 is 5.32 Å². The average molecular weight is 304 g/mol. The van der Waals surface area contributed by atoms with E-state index in [0.29, 0.717) is 11.5 Å². The van der Waals surface area contributed by atoms with Crippen molar-refractivity contribution in [2.75, 3.05) is 5.32 Å². The lowest BCUT2D eigenvalue weighted by molar-refractivity contribution is -0.143. The highest BCUT2D eigenvalue weighted by Crippen LogP contribution is 2.37. The molecule has 0 aliphatic carbocycles. The highest BCUT2D eigenvalue weighted by Gasteiger charge is 2.35. The number of rotatable bonds is 3. The van der Waals surface area contributed by atoms with Crippen molar-refractivity contribution in [3.63, 3.8) is 0 Å². The van der Waals surface area contributed by atoms with Crippen LogP contribution in [0.1, 0.15) is 31.7 Å². The highest BCUT2D eigenvalue weighted by molar-refractivity contribution is 7.10. The van der Waals surface area contributed by atoms with Gasteiger partial charge in [0.15, 0.2) is 0 Å². The number of nitrogens with one attached hydrogen (secondary N) is 1. The SMILES string of the molecule is CC1=C(C(=O)OC(C)C)[C@H](c2cccs2)n2ncnc2N1. The van der Waals surface area contributed by atoms with Crippen LogP contribution >= 0.6 is 11.3 Å². The van der Waals surface area contributed by atoms with E-state index in [2.05, 4.69) is 15.4 Å². The Hall–Kier alpha value is -2.15. The van der Waals surface area contributed by atoms with Crippen LogP contribution in [0.4, 0.5) is 5.95 Å². The molecule has 1 atom stereocenters. The van der Waals surface area contributed by atoms with E-state index in [4.69, 9.17) is 4.74 Å². The third-order valence-electron chi connectivity index (χ3n) is 3.17. The molecular formula is C14H16N4O2S. The van der Waals surface area contributed by atoms with Crippen LogP contribution in [-0.4, -0.2) is 26.8 Å². The summed E-state index contributed by atoms with van der Waals surface area (Å²) in [5, 5.41) is 9.34. The van der Waals surface area contributed by atoms with Crippen molar-refractivity contribution in [3.8, 4) is 0 Å². The third-order valence-corrected chi connectivity index (χ3v) is 4.09. The first-order valence-electron chi connectivity index (χ1n) is 6.69. The summed E-state index contributed by atoms with van der Waals surface area (Å²) < 4.78 is 7.10. The molecule has 0 bridgehead atoms. The lowest BCUT2D eigenvalue weighted by Crippen LogP contribution is -2.30. The zero-order valence-electron chi connectivity index (χ0n) is 12.0. The van der Waals surface area contributed by atoms with Gasteiger partial charge in [-0.05, 0) is 32.2 Å². The number of carbonyl (C=O) groups excluding carboxylic acids is 1. The summed E-state index contributed by atoms with van der Waals surface area (Å²) in [6.45, 7) is 5.53. The fourth-order valence-corrected chi connectivity index (χ4v) is 3.16. The molecule has 0 fully saturated rings. The number of nitrogens with zero attached hydrogens (tertiary/aromatic N) is 3. The van der Waals surface area contributed by atoms with Crippen molar-refractivity contribution >= 4 is 23.3 Å². The predicted molar refractivity (Wildman–Crippen MR) is 80.0 cm³/mol. The van der Waals surface area contributed by atoms with Gasteiger partial charge in [-0.25, -0.2) is 9.48 Å². The molecule has 0 saturated heterocycles. The molecular weight excluding hydrogens is 288 g/mol. The summed E-state index contributed by atoms with van der Waals surface area (Å²) in [7, 11) is 0. The van der Waals surface area contributed by atoms with Gasteiger partial charge >= 0.3 is 5.97 Å². The Kier molecular flexibility index (Phi) is 3.50. The van der Waals surface area contributed by atoms with Gasteiger partial charge in [-0.15, -0.1) is 11.3 Å². The molecule has 1 aliphatic rings. The Morgan fingerprint density at radius 1 is 1.52 bits per heavy atom. The highest BCUT2D eigenvalue weighted by atomic mass is 32.1. The van der Waals surface area contributed by atoms with Crippen molar-refractivity contribution in [1.82, 2.24) is 14.8 Å². The summed E-state index contributed by atoms with van der Waals surface area (Å²) >= 11 is 1.58. The van der Waals surface area contributed by atoms with Crippen molar-refractivity contribution < 1.29 is 9.53 Å². The molecule has 0 aromatic carbocycles. The van der Waals surface area contributed by atoms with Crippen LogP contribution in [-0.2, 0) is 9.53 Å². The maximum absolute atomic E-state index is 12.5. The number of carbonyl (C=O) groups is 1. The van der Waals surface area contributed by atoms with E-state index in [9.17, 15) is 4.79 Å². The molecule has 0 unspecified atom stereocenters. The number of allylic oxidation sites excluding steroid dienone is 1. The maximum Gasteiger partial charge on any atom is 0.338 e. The average Bonchev–Trinajstić information content (AvgIpc) is 3.06. The minimum Gasteiger partial charge on any atom is -0.459 e. The van der Waals surface area contributed by atoms with E-state index in [1.54, 1.807) is 16.0 Å². The van der Waals surface area contributed by atoms with Gasteiger partial charge in [0, 0.05) is 10.6 Å². The normalized spacial score (nSPS) is 17.6. The molecule has 3 rings (SSSR count). The lowest BCUT2D eigenvalue weighted by Gasteiger charge is -2.27. The molecule has 0 amide bonds. The predicted octanol–water partition coefficient (Wildman–Crippen LogP) is 2.58. The number of thiophene rings is 1. The Morgan fingerprint density at radius 2 is 2.33 bits per heavy atom. The minimum absolute atomic E-state index is 0.168. The Bertz CT molecular complexity index is 688. The van der Waals surface area contributed by atoms with Gasteiger partial charge in [0.2, 0.25) is 5.95 Å². The van der Waals surface area contributed by atoms with Crippen molar-refractivity contribution in [3.05, 3.63) is 40.0 Å². The van der Waals surface area contributed by atoms with Crippen LogP contribution in [0.5, 0.6) is 0 Å². The van der Waals surface area contributed by atoms with Gasteiger partial charge in [-0.2, -0.15) is 10.1 Å². The molecule has 0 radical (unpaired) electrons. The number of fused-ring (bicyclic) bond motifs is 1. The van der Waals surface area contributed by atoms with E-state index in [1.165, 1.54) is 6.33 Å². The quantitative estimate of drug-likeness (QED) is 0.883. The molecule has 0 spiro atoms. The molecule has 6 nitrogen and oxygen atoms in total. The molecule has 1 aliphatic heterocycles. The third kappa shape index (κ3) is 2.44. The van der Waals surface area contributed by atoms with Crippen LogP contribution in [0.3, 0.4) is 0 Å². The second-order valence-electron chi connectivity index (χ2n) is 5.06. The van der Waals surface area contributed by atoms with Gasteiger partial charge in [0.25, 0.3) is 0 Å². The summed E-state index contributed by atoms with van der Waals surface area (Å²) in [6, 6.07) is 3.65. The van der Waals surface area contributed by atoms with Gasteiger partial charge in [-0.3, -0.25) is 0 Å². The zero-order chi connectivity index (χ0) is 15.0. The molecule has 21 heavy (non-hydrogen) atoms. The first kappa shape index (κ1) is 13.8. The number of ether oxygens (including phenoxy) is 1. The van der Waals surface area contributed by atoms with Gasteiger partial charge in [-0.1, -0.05) is 6.07 Å². The van der Waals surface area contributed by atoms with E-state index in [1.807, 2.05) is 38.3 Å². The van der Waals surface area contributed by atoms with Crippen LogP contribution in [0, 0.1) is 0 Å². The smallest absolute Gasteiger partial charge is 0.338 e. The summed E-state index contributed by atoms with van der Waals surface area (Å²) in [5.74, 6) is 0.307. The number of hydrogen-bond donors (Lipinski definition) is 1. The molecule has 0 saturated carbocycles. The Balaban J connectivity index is 2.08. The zero-order valence-corrected chi connectivity index (χ0v) is 12.8. The van der Waals surface area contributed by atoms with Crippen LogP contribution in [0.15, 0.2) is 35.1 Å². The van der Waals surface area contributed by atoms with E-state index in [0.717, 1.165) is 10.6 Å².